The molecule has 2 amide bonds. The third-order valence-electron chi connectivity index (χ3n) is 3.65. The molecule has 7 nitrogen and oxygen atoms in total. The number of pyridine rings is 1. The summed E-state index contributed by atoms with van der Waals surface area (Å²) in [5.74, 6) is -0.0138. The summed E-state index contributed by atoms with van der Waals surface area (Å²) in [5, 5.41) is 5.34. The van der Waals surface area contributed by atoms with Gasteiger partial charge in [0, 0.05) is 6.07 Å². The van der Waals surface area contributed by atoms with Crippen LogP contribution in [-0.2, 0) is 16.1 Å². The number of anilines is 1. The van der Waals surface area contributed by atoms with Crippen LogP contribution in [0.1, 0.15) is 19.4 Å². The minimum atomic E-state index is -0.736. The molecule has 1 aromatic heterocycles. The molecule has 0 aliphatic rings. The van der Waals surface area contributed by atoms with Gasteiger partial charge in [-0.25, -0.2) is 9.78 Å². The Kier molecular flexibility index (Phi) is 6.96. The van der Waals surface area contributed by atoms with Crippen molar-refractivity contribution in [3.63, 3.8) is 0 Å². The molecule has 0 bridgehead atoms. The van der Waals surface area contributed by atoms with Gasteiger partial charge in [0.2, 0.25) is 11.8 Å². The highest BCUT2D eigenvalue weighted by Crippen LogP contribution is 2.13. The normalized spacial score (nSPS) is 11.5. The van der Waals surface area contributed by atoms with E-state index in [9.17, 15) is 9.59 Å². The van der Waals surface area contributed by atoms with Crippen LogP contribution in [0.3, 0.4) is 0 Å². The van der Waals surface area contributed by atoms with Crippen LogP contribution >= 0.6 is 0 Å². The van der Waals surface area contributed by atoms with Crippen LogP contribution in [-0.4, -0.2) is 30.1 Å². The van der Waals surface area contributed by atoms with E-state index in [2.05, 4.69) is 15.6 Å². The molecule has 26 heavy (non-hydrogen) atoms. The van der Waals surface area contributed by atoms with Crippen molar-refractivity contribution in [1.82, 2.24) is 10.3 Å². The number of nitrogens with zero attached hydrogens (tertiary/aromatic N) is 1. The predicted molar refractivity (Wildman–Crippen MR) is 97.8 cm³/mol. The number of nitrogens with one attached hydrogen (secondary N) is 2. The van der Waals surface area contributed by atoms with E-state index in [-0.39, 0.29) is 18.4 Å². The minimum Gasteiger partial charge on any atom is -0.481 e. The lowest BCUT2D eigenvalue weighted by Gasteiger charge is -2.21. The molecule has 1 atom stereocenters. The Labute approximate surface area is 152 Å². The fourth-order valence-electron chi connectivity index (χ4n) is 2.22. The largest absolute Gasteiger partial charge is 0.481 e. The maximum Gasteiger partial charge on any atom is 0.408 e. The van der Waals surface area contributed by atoms with Crippen molar-refractivity contribution in [3.05, 3.63) is 54.2 Å². The van der Waals surface area contributed by atoms with E-state index in [1.54, 1.807) is 12.1 Å². The molecule has 0 unspecified atom stereocenters. The molecule has 0 aliphatic carbocycles. The second-order valence-corrected chi connectivity index (χ2v) is 6.01. The lowest BCUT2D eigenvalue weighted by atomic mass is 10.0. The fraction of sp³-hybridized carbons (Fsp3) is 0.316. The molecule has 7 heteroatoms. The highest BCUT2D eigenvalue weighted by Gasteiger charge is 2.25. The monoisotopic (exact) mass is 357 g/mol. The van der Waals surface area contributed by atoms with E-state index in [0.29, 0.717) is 11.6 Å². The number of carbonyl (C=O) groups excluding carboxylic acids is 2. The summed E-state index contributed by atoms with van der Waals surface area (Å²) in [6.07, 6.45) is 0.845. The van der Waals surface area contributed by atoms with Gasteiger partial charge in [0.05, 0.1) is 19.0 Å². The predicted octanol–water partition coefficient (Wildman–Crippen LogP) is 2.98. The number of methoxy groups -OCH3 is 1. The van der Waals surface area contributed by atoms with Crippen LogP contribution < -0.4 is 15.4 Å². The Hall–Kier alpha value is -3.09. The number of carbonyl (C=O) groups is 2. The maximum absolute atomic E-state index is 12.5. The van der Waals surface area contributed by atoms with Gasteiger partial charge in [0.1, 0.15) is 12.6 Å². The van der Waals surface area contributed by atoms with Crippen molar-refractivity contribution in [2.45, 2.75) is 26.5 Å². The minimum absolute atomic E-state index is 0.120. The molecule has 0 aliphatic heterocycles. The first-order valence-corrected chi connectivity index (χ1v) is 8.27. The standard InChI is InChI=1S/C19H23N3O4/c1-13(2)17(18(23)21-15-9-10-16(25-3)20-11-15)22-19(24)26-12-14-7-5-4-6-8-14/h4-11,13,17H,12H2,1-3H3,(H,21,23)(H,22,24)/t17-/m0/s1. The summed E-state index contributed by atoms with van der Waals surface area (Å²) in [4.78, 5) is 28.5. The molecule has 0 saturated heterocycles. The quantitative estimate of drug-likeness (QED) is 0.795. The van der Waals surface area contributed by atoms with Gasteiger partial charge in [-0.05, 0) is 17.5 Å². The van der Waals surface area contributed by atoms with Gasteiger partial charge in [-0.1, -0.05) is 44.2 Å². The summed E-state index contributed by atoms with van der Waals surface area (Å²) in [6.45, 7) is 3.82. The Morgan fingerprint density at radius 2 is 1.85 bits per heavy atom. The Morgan fingerprint density at radius 1 is 1.12 bits per heavy atom. The summed E-state index contributed by atoms with van der Waals surface area (Å²) in [6, 6.07) is 11.9. The molecule has 1 heterocycles. The number of hydrogen-bond donors (Lipinski definition) is 2. The van der Waals surface area contributed by atoms with Crippen LogP contribution in [0.25, 0.3) is 0 Å². The number of rotatable bonds is 7. The van der Waals surface area contributed by atoms with Crippen molar-refractivity contribution < 1.29 is 19.1 Å². The first-order chi connectivity index (χ1) is 12.5. The number of amides is 2. The number of benzene rings is 1. The van der Waals surface area contributed by atoms with Crippen molar-refractivity contribution in [2.75, 3.05) is 12.4 Å². The van der Waals surface area contributed by atoms with E-state index in [4.69, 9.17) is 9.47 Å². The maximum atomic E-state index is 12.5. The average molecular weight is 357 g/mol. The lowest BCUT2D eigenvalue weighted by molar-refractivity contribution is -0.119. The topological polar surface area (TPSA) is 89.6 Å². The molecule has 138 valence electrons. The molecule has 0 spiro atoms. The summed E-state index contributed by atoms with van der Waals surface area (Å²) in [7, 11) is 1.51. The number of alkyl carbamates (subject to hydrolysis) is 1. The molecule has 1 aromatic carbocycles. The summed E-state index contributed by atoms with van der Waals surface area (Å²) >= 11 is 0. The Balaban J connectivity index is 1.91. The second kappa shape index (κ2) is 9.41. The molecular weight excluding hydrogens is 334 g/mol. The first-order valence-electron chi connectivity index (χ1n) is 8.27. The van der Waals surface area contributed by atoms with Gasteiger partial charge in [-0.3, -0.25) is 4.79 Å². The summed E-state index contributed by atoms with van der Waals surface area (Å²) < 4.78 is 10.2. The number of hydrogen-bond acceptors (Lipinski definition) is 5. The van der Waals surface area contributed by atoms with Gasteiger partial charge < -0.3 is 20.1 Å². The highest BCUT2D eigenvalue weighted by molar-refractivity contribution is 5.96. The van der Waals surface area contributed by atoms with Crippen LogP contribution in [0, 0.1) is 5.92 Å². The van der Waals surface area contributed by atoms with E-state index < -0.39 is 12.1 Å². The molecule has 2 N–H and O–H groups in total. The summed E-state index contributed by atoms with van der Waals surface area (Å²) in [5.41, 5.74) is 1.39. The third kappa shape index (κ3) is 5.77. The lowest BCUT2D eigenvalue weighted by Crippen LogP contribution is -2.47. The van der Waals surface area contributed by atoms with Crippen molar-refractivity contribution in [2.24, 2.45) is 5.92 Å². The molecule has 0 radical (unpaired) electrons. The molecular formula is C19H23N3O4. The zero-order chi connectivity index (χ0) is 18.9. The van der Waals surface area contributed by atoms with Crippen molar-refractivity contribution in [1.29, 1.82) is 0 Å². The SMILES string of the molecule is COc1ccc(NC(=O)[C@@H](NC(=O)OCc2ccccc2)C(C)C)cn1. The van der Waals surface area contributed by atoms with Gasteiger partial charge in [0.25, 0.3) is 0 Å². The van der Waals surface area contributed by atoms with Crippen molar-refractivity contribution in [3.8, 4) is 5.88 Å². The van der Waals surface area contributed by atoms with E-state index in [1.165, 1.54) is 13.3 Å². The zero-order valence-electron chi connectivity index (χ0n) is 15.1. The first kappa shape index (κ1) is 19.2. The Morgan fingerprint density at radius 3 is 2.42 bits per heavy atom. The van der Waals surface area contributed by atoms with Gasteiger partial charge in [0.15, 0.2) is 0 Å². The highest BCUT2D eigenvalue weighted by atomic mass is 16.5. The molecule has 0 fully saturated rings. The smallest absolute Gasteiger partial charge is 0.408 e. The van der Waals surface area contributed by atoms with Gasteiger partial charge in [-0.2, -0.15) is 0 Å². The number of ether oxygens (including phenoxy) is 2. The van der Waals surface area contributed by atoms with Crippen LogP contribution in [0.5, 0.6) is 5.88 Å². The second-order valence-electron chi connectivity index (χ2n) is 6.01. The van der Waals surface area contributed by atoms with Gasteiger partial charge in [-0.15, -0.1) is 0 Å². The Bertz CT molecular complexity index is 717. The number of aromatic nitrogens is 1. The molecule has 0 saturated carbocycles. The van der Waals surface area contributed by atoms with E-state index in [1.807, 2.05) is 44.2 Å². The third-order valence-corrected chi connectivity index (χ3v) is 3.65. The van der Waals surface area contributed by atoms with Gasteiger partial charge >= 0.3 is 6.09 Å². The zero-order valence-corrected chi connectivity index (χ0v) is 15.1. The van der Waals surface area contributed by atoms with Crippen LogP contribution in [0.15, 0.2) is 48.7 Å². The van der Waals surface area contributed by atoms with Crippen molar-refractivity contribution >= 4 is 17.7 Å². The molecule has 2 aromatic rings. The van der Waals surface area contributed by atoms with E-state index in [0.717, 1.165) is 5.56 Å². The van der Waals surface area contributed by atoms with Crippen LogP contribution in [0.2, 0.25) is 0 Å². The fourth-order valence-corrected chi connectivity index (χ4v) is 2.22. The van der Waals surface area contributed by atoms with Crippen LogP contribution in [0.4, 0.5) is 10.5 Å². The average Bonchev–Trinajstić information content (AvgIpc) is 2.65. The molecule has 2 rings (SSSR count). The van der Waals surface area contributed by atoms with E-state index >= 15 is 0 Å².